The van der Waals surface area contributed by atoms with E-state index in [9.17, 15) is 13.2 Å². The molecule has 6 nitrogen and oxygen atoms in total. The Morgan fingerprint density at radius 2 is 2.05 bits per heavy atom. The van der Waals surface area contributed by atoms with E-state index in [-0.39, 0.29) is 5.91 Å². The van der Waals surface area contributed by atoms with Gasteiger partial charge in [0.1, 0.15) is 0 Å². The summed E-state index contributed by atoms with van der Waals surface area (Å²) >= 11 is 0. The number of nitrogens with one attached hydrogen (secondary N) is 2. The van der Waals surface area contributed by atoms with Gasteiger partial charge in [-0.2, -0.15) is 0 Å². The van der Waals surface area contributed by atoms with E-state index in [4.69, 9.17) is 4.74 Å². The maximum Gasteiger partial charge on any atom is 0.251 e. The van der Waals surface area contributed by atoms with Crippen LogP contribution in [0.4, 0.5) is 5.69 Å². The van der Waals surface area contributed by atoms with E-state index in [0.29, 0.717) is 24.4 Å². The number of anilines is 1. The first-order chi connectivity index (χ1) is 9.33. The summed E-state index contributed by atoms with van der Waals surface area (Å²) in [6, 6.07) is 4.90. The molecule has 0 unspecified atom stereocenters. The molecule has 112 valence electrons. The minimum absolute atomic E-state index is 0.238. The number of benzene rings is 1. The molecule has 0 heterocycles. The number of hydrogen-bond acceptors (Lipinski definition) is 4. The molecule has 7 heteroatoms. The number of carbonyl (C=O) groups excluding carboxylic acids is 1. The van der Waals surface area contributed by atoms with Crippen LogP contribution < -0.4 is 10.0 Å². The molecule has 0 aliphatic heterocycles. The predicted molar refractivity (Wildman–Crippen MR) is 78.5 cm³/mol. The van der Waals surface area contributed by atoms with Crippen molar-refractivity contribution in [1.82, 2.24) is 5.32 Å². The van der Waals surface area contributed by atoms with E-state index in [1.54, 1.807) is 26.2 Å². The van der Waals surface area contributed by atoms with Crippen molar-refractivity contribution < 1.29 is 17.9 Å². The van der Waals surface area contributed by atoms with E-state index in [1.165, 1.54) is 6.07 Å². The molecule has 1 rings (SSSR count). The van der Waals surface area contributed by atoms with Gasteiger partial charge in [-0.25, -0.2) is 8.42 Å². The molecular formula is C13H20N2O4S. The molecule has 20 heavy (non-hydrogen) atoms. The van der Waals surface area contributed by atoms with Gasteiger partial charge in [-0.3, -0.25) is 9.52 Å². The van der Waals surface area contributed by atoms with Crippen LogP contribution in [0.15, 0.2) is 18.2 Å². The molecular weight excluding hydrogens is 280 g/mol. The Balaban J connectivity index is 2.76. The average molecular weight is 300 g/mol. The quantitative estimate of drug-likeness (QED) is 0.739. The van der Waals surface area contributed by atoms with Crippen molar-refractivity contribution in [2.45, 2.75) is 13.3 Å². The van der Waals surface area contributed by atoms with Gasteiger partial charge in [0.05, 0.1) is 11.9 Å². The minimum atomic E-state index is -3.36. The first-order valence-corrected chi connectivity index (χ1v) is 8.08. The molecule has 0 bridgehead atoms. The lowest BCUT2D eigenvalue weighted by Crippen LogP contribution is -2.25. The highest BCUT2D eigenvalue weighted by molar-refractivity contribution is 7.92. The average Bonchev–Trinajstić information content (AvgIpc) is 2.35. The van der Waals surface area contributed by atoms with Gasteiger partial charge < -0.3 is 10.1 Å². The fourth-order valence-corrected chi connectivity index (χ4v) is 2.21. The predicted octanol–water partition coefficient (Wildman–Crippen LogP) is 1.13. The lowest BCUT2D eigenvalue weighted by molar-refractivity contribution is 0.0948. The highest BCUT2D eigenvalue weighted by atomic mass is 32.2. The molecule has 0 spiro atoms. The molecule has 0 aromatic heterocycles. The second-order valence-corrected chi connectivity index (χ2v) is 6.25. The van der Waals surface area contributed by atoms with Crippen molar-refractivity contribution >= 4 is 21.6 Å². The number of hydrogen-bond donors (Lipinski definition) is 2. The molecule has 0 fully saturated rings. The van der Waals surface area contributed by atoms with Crippen LogP contribution in [-0.2, 0) is 14.8 Å². The zero-order chi connectivity index (χ0) is 15.2. The van der Waals surface area contributed by atoms with Crippen LogP contribution in [0.2, 0.25) is 0 Å². The third-order valence-corrected chi connectivity index (χ3v) is 3.20. The number of amides is 1. The summed E-state index contributed by atoms with van der Waals surface area (Å²) in [6.07, 6.45) is 1.80. The van der Waals surface area contributed by atoms with Crippen molar-refractivity contribution in [1.29, 1.82) is 0 Å². The van der Waals surface area contributed by atoms with Crippen LogP contribution in [0.1, 0.15) is 22.3 Å². The Morgan fingerprint density at radius 3 is 2.65 bits per heavy atom. The number of carbonyl (C=O) groups is 1. The highest BCUT2D eigenvalue weighted by Crippen LogP contribution is 2.18. The number of rotatable bonds is 7. The number of sulfonamides is 1. The summed E-state index contributed by atoms with van der Waals surface area (Å²) in [5.41, 5.74) is 1.59. The molecule has 0 aliphatic carbocycles. The van der Waals surface area contributed by atoms with Crippen LogP contribution in [0.25, 0.3) is 0 Å². The second-order valence-electron chi connectivity index (χ2n) is 4.51. The van der Waals surface area contributed by atoms with Crippen LogP contribution in [0, 0.1) is 6.92 Å². The highest BCUT2D eigenvalue weighted by Gasteiger charge is 2.10. The molecule has 0 saturated carbocycles. The van der Waals surface area contributed by atoms with Gasteiger partial charge >= 0.3 is 0 Å². The van der Waals surface area contributed by atoms with Gasteiger partial charge in [0, 0.05) is 25.8 Å². The van der Waals surface area contributed by atoms with Gasteiger partial charge in [-0.15, -0.1) is 0 Å². The fourth-order valence-electron chi connectivity index (χ4n) is 1.59. The normalized spacial score (nSPS) is 11.2. The first kappa shape index (κ1) is 16.5. The summed E-state index contributed by atoms with van der Waals surface area (Å²) < 4.78 is 29.8. The van der Waals surface area contributed by atoms with Crippen LogP contribution in [0.5, 0.6) is 0 Å². The Hall–Kier alpha value is -1.60. The van der Waals surface area contributed by atoms with Gasteiger partial charge in [0.2, 0.25) is 10.0 Å². The summed E-state index contributed by atoms with van der Waals surface area (Å²) in [5.74, 6) is -0.238. The fraction of sp³-hybridized carbons (Fsp3) is 0.462. The van der Waals surface area contributed by atoms with E-state index in [1.807, 2.05) is 0 Å². The third-order valence-electron chi connectivity index (χ3n) is 2.61. The van der Waals surface area contributed by atoms with Gasteiger partial charge in [0.25, 0.3) is 5.91 Å². The SMILES string of the molecule is COCCCNC(=O)c1ccc(C)c(NS(C)(=O)=O)c1. The summed E-state index contributed by atoms with van der Waals surface area (Å²) in [7, 11) is -1.76. The monoisotopic (exact) mass is 300 g/mol. The molecule has 1 aromatic carbocycles. The zero-order valence-corrected chi connectivity index (χ0v) is 12.7. The lowest BCUT2D eigenvalue weighted by atomic mass is 10.1. The first-order valence-electron chi connectivity index (χ1n) is 6.19. The number of aryl methyl sites for hydroxylation is 1. The number of methoxy groups -OCH3 is 1. The standard InChI is InChI=1S/C13H20N2O4S/c1-10-5-6-11(9-12(10)15-20(3,17)18)13(16)14-7-4-8-19-2/h5-6,9,15H,4,7-8H2,1-3H3,(H,14,16). The van der Waals surface area contributed by atoms with Crippen LogP contribution >= 0.6 is 0 Å². The number of ether oxygens (including phenoxy) is 1. The Kier molecular flexibility index (Phi) is 5.97. The van der Waals surface area contributed by atoms with Gasteiger partial charge in [-0.05, 0) is 31.0 Å². The van der Waals surface area contributed by atoms with E-state index < -0.39 is 10.0 Å². The molecule has 1 amide bonds. The topological polar surface area (TPSA) is 84.5 Å². The van der Waals surface area contributed by atoms with Crippen molar-refractivity contribution in [2.24, 2.45) is 0 Å². The molecule has 0 radical (unpaired) electrons. The lowest BCUT2D eigenvalue weighted by Gasteiger charge is -2.10. The van der Waals surface area contributed by atoms with Crippen LogP contribution in [0.3, 0.4) is 0 Å². The van der Waals surface area contributed by atoms with Gasteiger partial charge in [0.15, 0.2) is 0 Å². The summed E-state index contributed by atoms with van der Waals surface area (Å²) in [4.78, 5) is 11.9. The Labute approximate surface area is 119 Å². The smallest absolute Gasteiger partial charge is 0.251 e. The van der Waals surface area contributed by atoms with E-state index >= 15 is 0 Å². The Bertz CT molecular complexity index is 570. The molecule has 0 aliphatic rings. The minimum Gasteiger partial charge on any atom is -0.385 e. The summed E-state index contributed by atoms with van der Waals surface area (Å²) in [6.45, 7) is 2.86. The Morgan fingerprint density at radius 1 is 1.35 bits per heavy atom. The second kappa shape index (κ2) is 7.25. The van der Waals surface area contributed by atoms with E-state index in [2.05, 4.69) is 10.0 Å². The third kappa shape index (κ3) is 5.58. The largest absolute Gasteiger partial charge is 0.385 e. The van der Waals surface area contributed by atoms with Crippen molar-refractivity contribution in [3.8, 4) is 0 Å². The molecule has 0 atom stereocenters. The van der Waals surface area contributed by atoms with E-state index in [0.717, 1.165) is 18.2 Å². The molecule has 2 N–H and O–H groups in total. The van der Waals surface area contributed by atoms with Crippen molar-refractivity contribution in [3.63, 3.8) is 0 Å². The zero-order valence-electron chi connectivity index (χ0n) is 11.9. The maximum atomic E-state index is 11.9. The maximum absolute atomic E-state index is 11.9. The van der Waals surface area contributed by atoms with Gasteiger partial charge in [-0.1, -0.05) is 6.07 Å². The molecule has 0 saturated heterocycles. The van der Waals surface area contributed by atoms with Crippen molar-refractivity contribution in [3.05, 3.63) is 29.3 Å². The molecule has 1 aromatic rings. The summed E-state index contributed by atoms with van der Waals surface area (Å²) in [5, 5.41) is 2.75. The van der Waals surface area contributed by atoms with Crippen molar-refractivity contribution in [2.75, 3.05) is 31.2 Å². The van der Waals surface area contributed by atoms with Crippen LogP contribution in [-0.4, -0.2) is 40.8 Å².